The summed E-state index contributed by atoms with van der Waals surface area (Å²) in [6.45, 7) is 0. The monoisotopic (exact) mass is 148 g/mol. The molecule has 56 valence electrons. The number of hydrogen-bond acceptors (Lipinski definition) is 2. The van der Waals surface area contributed by atoms with E-state index in [9.17, 15) is 4.79 Å². The lowest BCUT2D eigenvalue weighted by atomic mass is 9.95. The van der Waals surface area contributed by atoms with Crippen molar-refractivity contribution in [3.63, 3.8) is 0 Å². The molecule has 2 nitrogen and oxygen atoms in total. The van der Waals surface area contributed by atoms with Crippen LogP contribution in [0.5, 0.6) is 5.75 Å². The van der Waals surface area contributed by atoms with Crippen LogP contribution in [-0.4, -0.2) is 20.6 Å². The van der Waals surface area contributed by atoms with Gasteiger partial charge in [0.2, 0.25) is 0 Å². The molecule has 1 aromatic rings. The second kappa shape index (κ2) is 3.24. The fourth-order valence-corrected chi connectivity index (χ4v) is 0.826. The Hall–Kier alpha value is -1.25. The summed E-state index contributed by atoms with van der Waals surface area (Å²) in [5.74, 6) is 0.773. The third kappa shape index (κ3) is 1.83. The average Bonchev–Trinajstić information content (AvgIpc) is 2.05. The molecule has 0 saturated heterocycles. The Morgan fingerprint density at radius 3 is 2.27 bits per heavy atom. The molecule has 0 aromatic heterocycles. The van der Waals surface area contributed by atoms with Crippen LogP contribution < -0.4 is 4.74 Å². The van der Waals surface area contributed by atoms with Crippen LogP contribution in [0, 0.1) is 0 Å². The number of carbonyl (C=O) groups is 1. The topological polar surface area (TPSA) is 26.3 Å². The number of ether oxygens (including phenoxy) is 1. The Morgan fingerprint density at radius 1 is 1.36 bits per heavy atom. The molecule has 0 bridgehead atoms. The van der Waals surface area contributed by atoms with E-state index in [2.05, 4.69) is 0 Å². The van der Waals surface area contributed by atoms with Crippen LogP contribution in [0.1, 0.15) is 10.4 Å². The lowest BCUT2D eigenvalue weighted by Crippen LogP contribution is -1.96. The minimum absolute atomic E-state index is 0.0765. The summed E-state index contributed by atoms with van der Waals surface area (Å²) < 4.78 is 4.94. The second-order valence-corrected chi connectivity index (χ2v) is 2.28. The maximum Gasteiger partial charge on any atom is 0.193 e. The highest BCUT2D eigenvalue weighted by molar-refractivity contribution is 6.62. The third-order valence-corrected chi connectivity index (χ3v) is 1.50. The molecular weight excluding hydrogens is 139 g/mol. The van der Waals surface area contributed by atoms with Gasteiger partial charge in [-0.1, -0.05) is 0 Å². The Balaban J connectivity index is 2.91. The fraction of sp³-hybridized carbons (Fsp3) is 0.125. The van der Waals surface area contributed by atoms with Gasteiger partial charge in [-0.3, -0.25) is 0 Å². The molecule has 0 aliphatic heterocycles. The van der Waals surface area contributed by atoms with Gasteiger partial charge < -0.3 is 9.53 Å². The lowest BCUT2D eigenvalue weighted by molar-refractivity contribution is 0.108. The van der Waals surface area contributed by atoms with Crippen molar-refractivity contribution in [2.45, 2.75) is 0 Å². The largest absolute Gasteiger partial charge is 0.497 e. The van der Waals surface area contributed by atoms with Crippen molar-refractivity contribution >= 4 is 13.5 Å². The molecule has 0 fully saturated rings. The van der Waals surface area contributed by atoms with E-state index in [4.69, 9.17) is 4.74 Å². The van der Waals surface area contributed by atoms with Crippen LogP contribution in [0.2, 0.25) is 0 Å². The van der Waals surface area contributed by atoms with E-state index >= 15 is 0 Å². The van der Waals surface area contributed by atoms with E-state index in [1.54, 1.807) is 39.2 Å². The first-order chi connectivity index (χ1) is 5.24. The number of rotatable bonds is 2. The summed E-state index contributed by atoms with van der Waals surface area (Å²) in [7, 11) is 3.14. The van der Waals surface area contributed by atoms with Gasteiger partial charge in [-0.2, -0.15) is 0 Å². The summed E-state index contributed by atoms with van der Waals surface area (Å²) in [6, 6.07) is 7.05. The highest BCUT2D eigenvalue weighted by Gasteiger charge is 1.97. The summed E-state index contributed by atoms with van der Waals surface area (Å²) >= 11 is 0. The minimum Gasteiger partial charge on any atom is -0.497 e. The van der Waals surface area contributed by atoms with E-state index < -0.39 is 0 Å². The SMILES string of the molecule is BC(=O)c1ccc(OC)cc1. The van der Waals surface area contributed by atoms with Gasteiger partial charge in [0.05, 0.1) is 7.11 Å². The van der Waals surface area contributed by atoms with Crippen molar-refractivity contribution in [2.24, 2.45) is 0 Å². The zero-order chi connectivity index (χ0) is 8.27. The van der Waals surface area contributed by atoms with E-state index in [1.165, 1.54) is 0 Å². The number of methoxy groups -OCH3 is 1. The molecule has 0 aliphatic carbocycles. The van der Waals surface area contributed by atoms with Gasteiger partial charge in [0, 0.05) is 5.56 Å². The van der Waals surface area contributed by atoms with Gasteiger partial charge in [0.25, 0.3) is 0 Å². The van der Waals surface area contributed by atoms with Gasteiger partial charge in [-0.25, -0.2) is 0 Å². The maximum atomic E-state index is 10.8. The van der Waals surface area contributed by atoms with Gasteiger partial charge in [0.15, 0.2) is 7.85 Å². The minimum atomic E-state index is 0.0765. The first-order valence-electron chi connectivity index (χ1n) is 3.39. The number of hydrogen-bond donors (Lipinski definition) is 0. The first kappa shape index (κ1) is 7.86. The Morgan fingerprint density at radius 2 is 1.91 bits per heavy atom. The molecule has 0 spiro atoms. The second-order valence-electron chi connectivity index (χ2n) is 2.28. The molecule has 0 aliphatic rings. The van der Waals surface area contributed by atoms with Crippen molar-refractivity contribution in [1.29, 1.82) is 0 Å². The third-order valence-electron chi connectivity index (χ3n) is 1.50. The van der Waals surface area contributed by atoms with Crippen LogP contribution in [0.25, 0.3) is 0 Å². The maximum absolute atomic E-state index is 10.8. The normalized spacial score (nSPS) is 9.18. The van der Waals surface area contributed by atoms with Crippen molar-refractivity contribution in [3.05, 3.63) is 29.8 Å². The Labute approximate surface area is 66.6 Å². The predicted molar refractivity (Wildman–Crippen MR) is 45.9 cm³/mol. The average molecular weight is 148 g/mol. The first-order valence-corrected chi connectivity index (χ1v) is 3.39. The summed E-state index contributed by atoms with van der Waals surface area (Å²) in [5, 5.41) is 0. The van der Waals surface area contributed by atoms with E-state index in [0.717, 1.165) is 5.75 Å². The predicted octanol–water partition coefficient (Wildman–Crippen LogP) is 0.469. The summed E-state index contributed by atoms with van der Waals surface area (Å²) in [4.78, 5) is 10.8. The molecule has 0 N–H and O–H groups in total. The molecule has 0 heterocycles. The van der Waals surface area contributed by atoms with Crippen LogP contribution in [0.3, 0.4) is 0 Å². The number of carbonyl (C=O) groups excluding carboxylic acids is 1. The van der Waals surface area contributed by atoms with Crippen LogP contribution in [0.4, 0.5) is 0 Å². The van der Waals surface area contributed by atoms with Crippen molar-refractivity contribution in [3.8, 4) is 5.75 Å². The lowest BCUT2D eigenvalue weighted by Gasteiger charge is -1.99. The fourth-order valence-electron chi connectivity index (χ4n) is 0.826. The highest BCUT2D eigenvalue weighted by Crippen LogP contribution is 2.10. The smallest absolute Gasteiger partial charge is 0.193 e. The van der Waals surface area contributed by atoms with Crippen molar-refractivity contribution in [2.75, 3.05) is 7.11 Å². The number of benzene rings is 1. The van der Waals surface area contributed by atoms with Crippen molar-refractivity contribution in [1.82, 2.24) is 0 Å². The molecule has 3 heteroatoms. The van der Waals surface area contributed by atoms with E-state index in [-0.39, 0.29) is 5.68 Å². The van der Waals surface area contributed by atoms with Crippen molar-refractivity contribution < 1.29 is 9.53 Å². The molecule has 0 atom stereocenters. The quantitative estimate of drug-likeness (QED) is 0.569. The molecule has 0 amide bonds. The summed E-state index contributed by atoms with van der Waals surface area (Å²) in [6.07, 6.45) is 0. The Kier molecular flexibility index (Phi) is 2.31. The van der Waals surface area contributed by atoms with Gasteiger partial charge in [-0.05, 0) is 24.3 Å². The molecule has 1 rings (SSSR count). The van der Waals surface area contributed by atoms with E-state index in [0.29, 0.717) is 5.56 Å². The zero-order valence-corrected chi connectivity index (χ0v) is 6.63. The Bertz CT molecular complexity index is 253. The molecule has 0 unspecified atom stereocenters. The zero-order valence-electron chi connectivity index (χ0n) is 6.63. The van der Waals surface area contributed by atoms with Crippen LogP contribution >= 0.6 is 0 Å². The van der Waals surface area contributed by atoms with Gasteiger partial charge in [-0.15, -0.1) is 0 Å². The van der Waals surface area contributed by atoms with Gasteiger partial charge >= 0.3 is 0 Å². The van der Waals surface area contributed by atoms with Crippen LogP contribution in [-0.2, 0) is 0 Å². The summed E-state index contributed by atoms with van der Waals surface area (Å²) in [5.41, 5.74) is 0.790. The van der Waals surface area contributed by atoms with E-state index in [1.807, 2.05) is 0 Å². The van der Waals surface area contributed by atoms with Crippen LogP contribution in [0.15, 0.2) is 24.3 Å². The highest BCUT2D eigenvalue weighted by atomic mass is 16.5. The van der Waals surface area contributed by atoms with Gasteiger partial charge in [0.1, 0.15) is 11.4 Å². The standard InChI is InChI=1S/C8H9BO2/c1-11-7-4-2-6(3-5-7)8(9)10/h2-5H,9H2,1H3. The molecule has 0 radical (unpaired) electrons. The molecule has 0 saturated carbocycles. The molecule has 11 heavy (non-hydrogen) atoms. The molecular formula is C8H9BO2. The molecule has 1 aromatic carbocycles.